The van der Waals surface area contributed by atoms with Gasteiger partial charge in [0.1, 0.15) is 11.6 Å². The van der Waals surface area contributed by atoms with Crippen molar-refractivity contribution in [2.45, 2.75) is 6.92 Å². The van der Waals surface area contributed by atoms with Gasteiger partial charge in [0, 0.05) is 23.8 Å². The molecule has 112 valence electrons. The zero-order chi connectivity index (χ0) is 15.9. The van der Waals surface area contributed by atoms with Gasteiger partial charge in [-0.15, -0.1) is 0 Å². The van der Waals surface area contributed by atoms with E-state index in [4.69, 9.17) is 0 Å². The number of carbonyl (C=O) groups is 1. The zero-order valence-corrected chi connectivity index (χ0v) is 11.4. The van der Waals surface area contributed by atoms with E-state index in [-0.39, 0.29) is 17.1 Å². The zero-order valence-electron chi connectivity index (χ0n) is 11.4. The Hall–Kier alpha value is -2.96. The minimum absolute atomic E-state index is 0.0468. The summed E-state index contributed by atoms with van der Waals surface area (Å²) >= 11 is 0. The number of anilines is 2. The molecule has 7 heteroatoms. The first-order valence-corrected chi connectivity index (χ1v) is 6.39. The van der Waals surface area contributed by atoms with Crippen LogP contribution >= 0.6 is 0 Å². The molecule has 5 nitrogen and oxygen atoms in total. The van der Waals surface area contributed by atoms with Crippen LogP contribution in [0.4, 0.5) is 20.3 Å². The van der Waals surface area contributed by atoms with Crippen LogP contribution in [0.25, 0.3) is 10.9 Å². The number of aryl methyl sites for hydroxylation is 1. The standard InChI is InChI=1S/C15H11F2N3O2/c1-7-5-18-13-12(7)9(15(21)22)6-19-14(13)20-11-3-2-8(16)4-10(11)17/h2-6,18H,1H3,(H,19,20)(H,21,22). The first kappa shape index (κ1) is 14.0. The summed E-state index contributed by atoms with van der Waals surface area (Å²) in [7, 11) is 0. The van der Waals surface area contributed by atoms with Crippen LogP contribution in [0.1, 0.15) is 15.9 Å². The summed E-state index contributed by atoms with van der Waals surface area (Å²) < 4.78 is 26.6. The van der Waals surface area contributed by atoms with E-state index in [1.807, 2.05) is 0 Å². The number of aromatic amines is 1. The molecule has 3 aromatic rings. The van der Waals surface area contributed by atoms with Crippen LogP contribution in [0, 0.1) is 18.6 Å². The molecule has 3 rings (SSSR count). The van der Waals surface area contributed by atoms with Crippen LogP contribution in [-0.2, 0) is 0 Å². The number of rotatable bonds is 3. The van der Waals surface area contributed by atoms with E-state index >= 15 is 0 Å². The summed E-state index contributed by atoms with van der Waals surface area (Å²) in [5, 5.41) is 12.4. The second-order valence-corrected chi connectivity index (χ2v) is 4.80. The van der Waals surface area contributed by atoms with E-state index in [1.54, 1.807) is 13.1 Å². The maximum atomic E-state index is 13.7. The third kappa shape index (κ3) is 2.26. The second-order valence-electron chi connectivity index (χ2n) is 4.80. The Kier molecular flexibility index (Phi) is 3.25. The topological polar surface area (TPSA) is 78.0 Å². The smallest absolute Gasteiger partial charge is 0.337 e. The number of nitrogens with zero attached hydrogens (tertiary/aromatic N) is 1. The number of hydrogen-bond acceptors (Lipinski definition) is 3. The number of halogens is 2. The van der Waals surface area contributed by atoms with E-state index < -0.39 is 17.6 Å². The van der Waals surface area contributed by atoms with E-state index in [0.717, 1.165) is 17.7 Å². The van der Waals surface area contributed by atoms with Crippen LogP contribution in [0.2, 0.25) is 0 Å². The van der Waals surface area contributed by atoms with Crippen molar-refractivity contribution in [3.05, 3.63) is 53.4 Å². The molecule has 0 saturated heterocycles. The van der Waals surface area contributed by atoms with Crippen LogP contribution in [0.5, 0.6) is 0 Å². The Morgan fingerprint density at radius 1 is 1.36 bits per heavy atom. The van der Waals surface area contributed by atoms with E-state index in [1.165, 1.54) is 12.3 Å². The van der Waals surface area contributed by atoms with Crippen LogP contribution in [-0.4, -0.2) is 21.0 Å². The van der Waals surface area contributed by atoms with Gasteiger partial charge < -0.3 is 15.4 Å². The second kappa shape index (κ2) is 5.10. The molecule has 0 amide bonds. The van der Waals surface area contributed by atoms with Gasteiger partial charge in [-0.05, 0) is 24.6 Å². The number of hydrogen-bond donors (Lipinski definition) is 3. The molecular formula is C15H11F2N3O2. The summed E-state index contributed by atoms with van der Waals surface area (Å²) in [5.41, 5.74) is 1.28. The van der Waals surface area contributed by atoms with Crippen molar-refractivity contribution in [1.29, 1.82) is 0 Å². The molecule has 0 fully saturated rings. The normalized spacial score (nSPS) is 10.9. The Morgan fingerprint density at radius 3 is 2.82 bits per heavy atom. The molecule has 0 aliphatic heterocycles. The quantitative estimate of drug-likeness (QED) is 0.691. The molecule has 2 heterocycles. The Bertz CT molecular complexity index is 890. The monoisotopic (exact) mass is 303 g/mol. The summed E-state index contributed by atoms with van der Waals surface area (Å²) in [4.78, 5) is 18.2. The van der Waals surface area contributed by atoms with Crippen molar-refractivity contribution in [3.63, 3.8) is 0 Å². The summed E-state index contributed by atoms with van der Waals surface area (Å²) in [5.74, 6) is -2.28. The lowest BCUT2D eigenvalue weighted by Crippen LogP contribution is -2.03. The minimum Gasteiger partial charge on any atom is -0.478 e. The van der Waals surface area contributed by atoms with Crippen molar-refractivity contribution < 1.29 is 18.7 Å². The average molecular weight is 303 g/mol. The molecule has 0 saturated carbocycles. The number of benzene rings is 1. The van der Waals surface area contributed by atoms with Crippen LogP contribution in [0.15, 0.2) is 30.6 Å². The molecule has 0 bridgehead atoms. The maximum absolute atomic E-state index is 13.7. The number of H-pyrrole nitrogens is 1. The maximum Gasteiger partial charge on any atom is 0.337 e. The van der Waals surface area contributed by atoms with Gasteiger partial charge in [-0.1, -0.05) is 0 Å². The van der Waals surface area contributed by atoms with Gasteiger partial charge in [0.2, 0.25) is 0 Å². The van der Waals surface area contributed by atoms with Crippen LogP contribution < -0.4 is 5.32 Å². The third-order valence-corrected chi connectivity index (χ3v) is 3.32. The number of pyridine rings is 1. The van der Waals surface area contributed by atoms with Gasteiger partial charge in [0.05, 0.1) is 16.8 Å². The fourth-order valence-corrected chi connectivity index (χ4v) is 2.29. The molecule has 0 aliphatic rings. The van der Waals surface area contributed by atoms with E-state index in [2.05, 4.69) is 15.3 Å². The highest BCUT2D eigenvalue weighted by Gasteiger charge is 2.17. The van der Waals surface area contributed by atoms with Crippen molar-refractivity contribution in [2.24, 2.45) is 0 Å². The van der Waals surface area contributed by atoms with Gasteiger partial charge in [-0.3, -0.25) is 0 Å². The fourth-order valence-electron chi connectivity index (χ4n) is 2.29. The van der Waals surface area contributed by atoms with Gasteiger partial charge in [0.15, 0.2) is 5.82 Å². The molecule has 22 heavy (non-hydrogen) atoms. The van der Waals surface area contributed by atoms with E-state index in [9.17, 15) is 18.7 Å². The van der Waals surface area contributed by atoms with Crippen molar-refractivity contribution in [1.82, 2.24) is 9.97 Å². The highest BCUT2D eigenvalue weighted by molar-refractivity contribution is 6.07. The summed E-state index contributed by atoms with van der Waals surface area (Å²) in [6, 6.07) is 3.12. The molecule has 3 N–H and O–H groups in total. The van der Waals surface area contributed by atoms with Crippen molar-refractivity contribution in [3.8, 4) is 0 Å². The number of fused-ring (bicyclic) bond motifs is 1. The Balaban J connectivity index is 2.12. The van der Waals surface area contributed by atoms with Gasteiger partial charge in [0.25, 0.3) is 0 Å². The predicted molar refractivity (Wildman–Crippen MR) is 77.4 cm³/mol. The fraction of sp³-hybridized carbons (Fsp3) is 0.0667. The van der Waals surface area contributed by atoms with Crippen molar-refractivity contribution >= 4 is 28.4 Å². The molecule has 0 aliphatic carbocycles. The number of aromatic carboxylic acids is 1. The highest BCUT2D eigenvalue weighted by Crippen LogP contribution is 2.29. The minimum atomic E-state index is -1.10. The largest absolute Gasteiger partial charge is 0.478 e. The predicted octanol–water partition coefficient (Wildman–Crippen LogP) is 3.59. The molecule has 2 aromatic heterocycles. The molecule has 0 radical (unpaired) electrons. The van der Waals surface area contributed by atoms with Gasteiger partial charge in [-0.25, -0.2) is 18.6 Å². The number of nitrogens with one attached hydrogen (secondary N) is 2. The SMILES string of the molecule is Cc1c[nH]c2c(Nc3ccc(F)cc3F)ncc(C(=O)O)c12. The Morgan fingerprint density at radius 2 is 2.14 bits per heavy atom. The lowest BCUT2D eigenvalue weighted by molar-refractivity contribution is 0.0698. The van der Waals surface area contributed by atoms with Crippen molar-refractivity contribution in [2.75, 3.05) is 5.32 Å². The number of aromatic nitrogens is 2. The highest BCUT2D eigenvalue weighted by atomic mass is 19.1. The average Bonchev–Trinajstić information content (AvgIpc) is 2.85. The molecule has 0 spiro atoms. The summed E-state index contributed by atoms with van der Waals surface area (Å²) in [6.07, 6.45) is 2.85. The Labute approximate surface area is 123 Å². The third-order valence-electron chi connectivity index (χ3n) is 3.32. The van der Waals surface area contributed by atoms with E-state index in [0.29, 0.717) is 10.9 Å². The first-order chi connectivity index (χ1) is 10.5. The van der Waals surface area contributed by atoms with Gasteiger partial charge in [-0.2, -0.15) is 0 Å². The molecule has 1 aromatic carbocycles. The van der Waals surface area contributed by atoms with Gasteiger partial charge >= 0.3 is 5.97 Å². The summed E-state index contributed by atoms with van der Waals surface area (Å²) in [6.45, 7) is 1.76. The van der Waals surface area contributed by atoms with Crippen LogP contribution in [0.3, 0.4) is 0 Å². The number of carboxylic acid groups (broad SMARTS) is 1. The number of carboxylic acids is 1. The molecular weight excluding hydrogens is 292 g/mol. The lowest BCUT2D eigenvalue weighted by Gasteiger charge is -2.09. The molecule has 0 atom stereocenters. The first-order valence-electron chi connectivity index (χ1n) is 6.39. The lowest BCUT2D eigenvalue weighted by atomic mass is 10.1. The molecule has 0 unspecified atom stereocenters.